The number of carbonyl (C=O) groups is 2. The zero-order valence-electron chi connectivity index (χ0n) is 19.0. The van der Waals surface area contributed by atoms with Crippen LogP contribution in [0.2, 0.25) is 0 Å². The molecule has 4 aromatic rings. The first kappa shape index (κ1) is 22.5. The van der Waals surface area contributed by atoms with E-state index in [0.29, 0.717) is 24.3 Å². The van der Waals surface area contributed by atoms with Crippen LogP contribution in [0.25, 0.3) is 22.5 Å². The van der Waals surface area contributed by atoms with Gasteiger partial charge in [0, 0.05) is 13.0 Å². The summed E-state index contributed by atoms with van der Waals surface area (Å²) in [5, 5.41) is 13.1. The summed E-state index contributed by atoms with van der Waals surface area (Å²) in [7, 11) is 0. The second-order valence-electron chi connectivity index (χ2n) is 8.53. The maximum absolute atomic E-state index is 14.7. The molecule has 0 aliphatic heterocycles. The second-order valence-corrected chi connectivity index (χ2v) is 8.53. The lowest BCUT2D eigenvalue weighted by atomic mass is 9.96. The van der Waals surface area contributed by atoms with Crippen molar-refractivity contribution >= 4 is 11.8 Å². The van der Waals surface area contributed by atoms with E-state index in [-0.39, 0.29) is 29.1 Å². The predicted molar refractivity (Wildman–Crippen MR) is 122 cm³/mol. The van der Waals surface area contributed by atoms with Crippen LogP contribution in [0.5, 0.6) is 0 Å². The number of rotatable bonds is 7. The van der Waals surface area contributed by atoms with Crippen LogP contribution in [0.15, 0.2) is 63.8 Å². The fourth-order valence-electron chi connectivity index (χ4n) is 3.91. The van der Waals surface area contributed by atoms with E-state index in [4.69, 9.17) is 9.05 Å². The van der Waals surface area contributed by atoms with Crippen LogP contribution >= 0.6 is 0 Å². The third kappa shape index (κ3) is 4.42. The SMILES string of the molecule is Cc1nc(-c2c(F)cccc2-c2ccc([C@@H](C)NC(=O)C3(NC(=O)c4ccno4)CC3)cc2)no1. The van der Waals surface area contributed by atoms with E-state index in [9.17, 15) is 14.0 Å². The largest absolute Gasteiger partial charge is 0.351 e. The average molecular weight is 475 g/mol. The van der Waals surface area contributed by atoms with Crippen molar-refractivity contribution in [3.05, 3.63) is 77.8 Å². The molecule has 1 fully saturated rings. The van der Waals surface area contributed by atoms with Gasteiger partial charge in [0.1, 0.15) is 11.4 Å². The molecule has 2 N–H and O–H groups in total. The molecule has 1 atom stereocenters. The molecule has 10 heteroatoms. The molecule has 0 bridgehead atoms. The number of amides is 2. The minimum atomic E-state index is -0.947. The highest BCUT2D eigenvalue weighted by Gasteiger charge is 2.51. The van der Waals surface area contributed by atoms with Crippen molar-refractivity contribution in [3.8, 4) is 22.5 Å². The van der Waals surface area contributed by atoms with Gasteiger partial charge in [-0.3, -0.25) is 9.59 Å². The highest BCUT2D eigenvalue weighted by molar-refractivity contribution is 5.99. The highest BCUT2D eigenvalue weighted by atomic mass is 19.1. The van der Waals surface area contributed by atoms with E-state index in [1.54, 1.807) is 19.1 Å². The molecule has 0 radical (unpaired) electrons. The number of nitrogens with one attached hydrogen (secondary N) is 2. The van der Waals surface area contributed by atoms with Gasteiger partial charge >= 0.3 is 0 Å². The summed E-state index contributed by atoms with van der Waals surface area (Å²) in [6.07, 6.45) is 2.46. The molecule has 2 aromatic heterocycles. The Bertz CT molecular complexity index is 1380. The van der Waals surface area contributed by atoms with E-state index in [1.165, 1.54) is 18.3 Å². The van der Waals surface area contributed by atoms with Crippen LogP contribution in [0.1, 0.15) is 47.8 Å². The molecule has 1 aliphatic rings. The zero-order chi connectivity index (χ0) is 24.6. The summed E-state index contributed by atoms with van der Waals surface area (Å²) in [5.41, 5.74) is 1.56. The van der Waals surface area contributed by atoms with Gasteiger partial charge in [0.2, 0.25) is 23.4 Å². The summed E-state index contributed by atoms with van der Waals surface area (Å²) in [4.78, 5) is 29.4. The predicted octanol–water partition coefficient (Wildman–Crippen LogP) is 3.98. The van der Waals surface area contributed by atoms with Crippen LogP contribution in [-0.2, 0) is 4.79 Å². The Morgan fingerprint density at radius 1 is 1.09 bits per heavy atom. The van der Waals surface area contributed by atoms with E-state index >= 15 is 0 Å². The van der Waals surface area contributed by atoms with Crippen molar-refractivity contribution in [2.45, 2.75) is 38.3 Å². The Morgan fingerprint density at radius 2 is 1.86 bits per heavy atom. The third-order valence-corrected chi connectivity index (χ3v) is 6.03. The number of benzene rings is 2. The van der Waals surface area contributed by atoms with Gasteiger partial charge in [0.05, 0.1) is 17.8 Å². The van der Waals surface area contributed by atoms with Crippen molar-refractivity contribution < 1.29 is 23.0 Å². The van der Waals surface area contributed by atoms with E-state index in [0.717, 1.165) is 11.1 Å². The molecular weight excluding hydrogens is 453 g/mol. The Kier molecular flexibility index (Phi) is 5.64. The first-order valence-electron chi connectivity index (χ1n) is 11.1. The van der Waals surface area contributed by atoms with Crippen molar-refractivity contribution in [2.24, 2.45) is 0 Å². The molecule has 0 unspecified atom stereocenters. The Hall–Kier alpha value is -4.34. The minimum absolute atomic E-state index is 0.0559. The normalized spacial score (nSPS) is 14.8. The van der Waals surface area contributed by atoms with Gasteiger partial charge in [-0.05, 0) is 42.5 Å². The maximum Gasteiger partial charge on any atom is 0.290 e. The molecule has 1 aliphatic carbocycles. The van der Waals surface area contributed by atoms with Crippen molar-refractivity contribution in [1.29, 1.82) is 0 Å². The standard InChI is InChI=1S/C25H22FN5O4/c1-14(28-24(33)25(11-12-25)30-23(32)20-10-13-27-35-20)16-6-8-17(9-7-16)18-4-3-5-19(26)21(18)22-29-15(2)34-31-22/h3-10,13-14H,11-12H2,1-2H3,(H,28,33)(H,30,32)/t14-/m1/s1. The van der Waals surface area contributed by atoms with Crippen LogP contribution in [-0.4, -0.2) is 32.7 Å². The number of carbonyl (C=O) groups excluding carboxylic acids is 2. The fourth-order valence-corrected chi connectivity index (χ4v) is 3.91. The van der Waals surface area contributed by atoms with Gasteiger partial charge in [-0.25, -0.2) is 4.39 Å². The van der Waals surface area contributed by atoms with Crippen molar-refractivity contribution in [1.82, 2.24) is 25.9 Å². The fraction of sp³-hybridized carbons (Fsp3) is 0.240. The number of halogens is 1. The summed E-state index contributed by atoms with van der Waals surface area (Å²) < 4.78 is 24.6. The maximum atomic E-state index is 14.7. The Balaban J connectivity index is 1.30. The number of aromatic nitrogens is 3. The van der Waals surface area contributed by atoms with Crippen LogP contribution in [0, 0.1) is 12.7 Å². The molecule has 35 heavy (non-hydrogen) atoms. The lowest BCUT2D eigenvalue weighted by Gasteiger charge is -2.21. The van der Waals surface area contributed by atoms with Gasteiger partial charge < -0.3 is 19.7 Å². The average Bonchev–Trinajstić information content (AvgIpc) is 3.22. The van der Waals surface area contributed by atoms with Gasteiger partial charge in [0.15, 0.2) is 0 Å². The zero-order valence-corrected chi connectivity index (χ0v) is 19.0. The topological polar surface area (TPSA) is 123 Å². The molecule has 9 nitrogen and oxygen atoms in total. The van der Waals surface area contributed by atoms with Gasteiger partial charge in [-0.2, -0.15) is 4.98 Å². The molecule has 178 valence electrons. The van der Waals surface area contributed by atoms with E-state index in [1.807, 2.05) is 31.2 Å². The highest BCUT2D eigenvalue weighted by Crippen LogP contribution is 2.37. The number of hydrogen-bond acceptors (Lipinski definition) is 7. The minimum Gasteiger partial charge on any atom is -0.351 e. The number of aryl methyl sites for hydroxylation is 1. The quantitative estimate of drug-likeness (QED) is 0.414. The van der Waals surface area contributed by atoms with Crippen LogP contribution < -0.4 is 10.6 Å². The molecule has 2 amide bonds. The van der Waals surface area contributed by atoms with Gasteiger partial charge in [-0.1, -0.05) is 46.7 Å². The van der Waals surface area contributed by atoms with Gasteiger partial charge in [-0.15, -0.1) is 0 Å². The summed E-state index contributed by atoms with van der Waals surface area (Å²) in [6.45, 7) is 3.50. The van der Waals surface area contributed by atoms with Crippen LogP contribution in [0.3, 0.4) is 0 Å². The molecule has 5 rings (SSSR count). The van der Waals surface area contributed by atoms with Crippen molar-refractivity contribution in [3.63, 3.8) is 0 Å². The molecule has 1 saturated carbocycles. The second kappa shape index (κ2) is 8.79. The van der Waals surface area contributed by atoms with Crippen molar-refractivity contribution in [2.75, 3.05) is 0 Å². The first-order valence-corrected chi connectivity index (χ1v) is 11.1. The van der Waals surface area contributed by atoms with E-state index < -0.39 is 17.3 Å². The molecule has 2 aromatic carbocycles. The van der Waals surface area contributed by atoms with Gasteiger partial charge in [0.25, 0.3) is 5.91 Å². The summed E-state index contributed by atoms with van der Waals surface area (Å²) in [5.74, 6) is -0.603. The molecule has 2 heterocycles. The number of nitrogens with zero attached hydrogens (tertiary/aromatic N) is 3. The molecular formula is C25H22FN5O4. The molecule has 0 saturated heterocycles. The van der Waals surface area contributed by atoms with E-state index in [2.05, 4.69) is 25.9 Å². The Morgan fingerprint density at radius 3 is 2.49 bits per heavy atom. The summed E-state index contributed by atoms with van der Waals surface area (Å²) >= 11 is 0. The lowest BCUT2D eigenvalue weighted by Crippen LogP contribution is -2.49. The lowest BCUT2D eigenvalue weighted by molar-refractivity contribution is -0.124. The monoisotopic (exact) mass is 475 g/mol. The third-order valence-electron chi connectivity index (χ3n) is 6.03. The number of hydrogen-bond donors (Lipinski definition) is 2. The summed E-state index contributed by atoms with van der Waals surface area (Å²) in [6, 6.07) is 13.3. The Labute approximate surface area is 199 Å². The van der Waals surface area contributed by atoms with Crippen LogP contribution in [0.4, 0.5) is 4.39 Å². The molecule has 0 spiro atoms. The smallest absolute Gasteiger partial charge is 0.290 e. The first-order chi connectivity index (χ1) is 16.9.